The number of aliphatic hydroxyl groups excluding tert-OH is 1. The number of fused-ring (bicyclic) bond motifs is 2. The molecule has 4 heterocycles. The Morgan fingerprint density at radius 2 is 2.06 bits per heavy atom. The topological polar surface area (TPSA) is 84.6 Å². The summed E-state index contributed by atoms with van der Waals surface area (Å²) in [5.74, 6) is 7.79. The molecule has 0 unspecified atom stereocenters. The van der Waals surface area contributed by atoms with Crippen molar-refractivity contribution in [2.75, 3.05) is 11.9 Å². The van der Waals surface area contributed by atoms with Gasteiger partial charge in [0.05, 0.1) is 10.3 Å². The number of benzene rings is 1. The number of aryl methyl sites for hydroxylation is 1. The van der Waals surface area contributed by atoms with Crippen LogP contribution < -0.4 is 10.1 Å². The third-order valence-electron chi connectivity index (χ3n) is 4.65. The lowest BCUT2D eigenvalue weighted by atomic mass is 10.2. The molecule has 1 aromatic carbocycles. The molecule has 0 aliphatic carbocycles. The van der Waals surface area contributed by atoms with Gasteiger partial charge in [-0.3, -0.25) is 0 Å². The minimum atomic E-state index is -0.172. The number of hydrogen-bond acceptors (Lipinski definition) is 7. The Hall–Kier alpha value is -3.93. The molecule has 0 aliphatic heterocycles. The quantitative estimate of drug-likeness (QED) is 0.410. The van der Waals surface area contributed by atoms with Crippen LogP contribution in [0.3, 0.4) is 0 Å². The maximum Gasteiger partial charge on any atom is 0.142 e. The number of nitrogens with one attached hydrogen (secondary N) is 1. The molecule has 0 aliphatic rings. The monoisotopic (exact) mass is 427 g/mol. The van der Waals surface area contributed by atoms with Crippen LogP contribution in [0.25, 0.3) is 15.9 Å². The zero-order chi connectivity index (χ0) is 21.2. The first-order chi connectivity index (χ1) is 15.2. The Labute approximate surface area is 182 Å². The van der Waals surface area contributed by atoms with Crippen molar-refractivity contribution in [3.8, 4) is 23.3 Å². The third-order valence-corrected chi connectivity index (χ3v) is 5.61. The highest BCUT2D eigenvalue weighted by molar-refractivity contribution is 7.19. The molecule has 4 aromatic heterocycles. The second-order valence-corrected chi connectivity index (χ2v) is 7.80. The van der Waals surface area contributed by atoms with E-state index in [-0.39, 0.29) is 6.61 Å². The summed E-state index contributed by atoms with van der Waals surface area (Å²) in [6.45, 7) is 1.83. The lowest BCUT2D eigenvalue weighted by Gasteiger charge is -2.12. The maximum atomic E-state index is 8.91. The maximum absolute atomic E-state index is 8.91. The molecule has 7 nitrogen and oxygen atoms in total. The van der Waals surface area contributed by atoms with E-state index in [1.165, 1.54) is 17.7 Å². The second-order valence-electron chi connectivity index (χ2n) is 6.77. The van der Waals surface area contributed by atoms with E-state index in [9.17, 15) is 0 Å². The first-order valence-corrected chi connectivity index (χ1v) is 10.3. The molecule has 0 fully saturated rings. The van der Waals surface area contributed by atoms with Crippen LogP contribution >= 0.6 is 11.3 Å². The van der Waals surface area contributed by atoms with E-state index in [0.29, 0.717) is 5.82 Å². The van der Waals surface area contributed by atoms with Gasteiger partial charge < -0.3 is 19.6 Å². The largest absolute Gasteiger partial charge is 0.457 e. The van der Waals surface area contributed by atoms with Gasteiger partial charge in [-0.1, -0.05) is 11.8 Å². The number of pyridine rings is 1. The number of rotatable bonds is 4. The molecular weight excluding hydrogens is 410 g/mol. The summed E-state index contributed by atoms with van der Waals surface area (Å²) in [7, 11) is 0. The molecule has 0 saturated carbocycles. The lowest BCUT2D eigenvalue weighted by Crippen LogP contribution is -1.96. The molecule has 0 amide bonds. The van der Waals surface area contributed by atoms with E-state index in [0.717, 1.165) is 43.5 Å². The molecule has 5 aromatic rings. The van der Waals surface area contributed by atoms with Gasteiger partial charge in [0, 0.05) is 30.3 Å². The van der Waals surface area contributed by atoms with E-state index in [1.807, 2.05) is 60.1 Å². The van der Waals surface area contributed by atoms with Crippen LogP contribution in [0.15, 0.2) is 61.3 Å². The molecule has 5 rings (SSSR count). The van der Waals surface area contributed by atoms with Gasteiger partial charge in [-0.15, -0.1) is 11.3 Å². The van der Waals surface area contributed by atoms with Gasteiger partial charge in [0.15, 0.2) is 0 Å². The van der Waals surface area contributed by atoms with Gasteiger partial charge in [0.1, 0.15) is 40.7 Å². The minimum absolute atomic E-state index is 0.172. The Kier molecular flexibility index (Phi) is 4.96. The zero-order valence-electron chi connectivity index (χ0n) is 16.5. The number of anilines is 2. The van der Waals surface area contributed by atoms with E-state index in [4.69, 9.17) is 9.84 Å². The van der Waals surface area contributed by atoms with Gasteiger partial charge in [-0.05, 0) is 42.8 Å². The van der Waals surface area contributed by atoms with Crippen molar-refractivity contribution in [2.45, 2.75) is 6.92 Å². The summed E-state index contributed by atoms with van der Waals surface area (Å²) < 4.78 is 7.99. The van der Waals surface area contributed by atoms with Gasteiger partial charge in [0.25, 0.3) is 0 Å². The Morgan fingerprint density at radius 1 is 1.13 bits per heavy atom. The van der Waals surface area contributed by atoms with E-state index < -0.39 is 0 Å². The van der Waals surface area contributed by atoms with Crippen LogP contribution in [0, 0.1) is 18.8 Å². The molecule has 0 saturated heterocycles. The molecule has 2 N–H and O–H groups in total. The number of aromatic nitrogens is 4. The molecule has 0 radical (unpaired) electrons. The fourth-order valence-electron chi connectivity index (χ4n) is 3.20. The summed E-state index contributed by atoms with van der Waals surface area (Å²) in [5, 5.41) is 13.2. The van der Waals surface area contributed by atoms with Crippen molar-refractivity contribution in [3.05, 3.63) is 71.8 Å². The van der Waals surface area contributed by atoms with E-state index in [1.54, 1.807) is 6.20 Å². The zero-order valence-corrected chi connectivity index (χ0v) is 17.3. The summed E-state index contributed by atoms with van der Waals surface area (Å²) in [4.78, 5) is 14.7. The predicted octanol–water partition coefficient (Wildman–Crippen LogP) is 4.53. The number of hydrogen-bond donors (Lipinski definition) is 2. The van der Waals surface area contributed by atoms with Gasteiger partial charge in [-0.25, -0.2) is 15.0 Å². The van der Waals surface area contributed by atoms with E-state index in [2.05, 4.69) is 32.1 Å². The summed E-state index contributed by atoms with van der Waals surface area (Å²) in [6.07, 6.45) is 7.10. The SMILES string of the molecule is Cc1cc(Nc2ncnc3sc(C#CCO)cc23)ccc1Oc1ccn2ccnc2c1. The van der Waals surface area contributed by atoms with Crippen LogP contribution in [-0.2, 0) is 0 Å². The summed E-state index contributed by atoms with van der Waals surface area (Å²) in [6, 6.07) is 11.6. The number of nitrogens with zero attached hydrogens (tertiary/aromatic N) is 4. The average molecular weight is 427 g/mol. The molecule has 0 spiro atoms. The summed E-state index contributed by atoms with van der Waals surface area (Å²) >= 11 is 1.47. The first kappa shape index (κ1) is 19.1. The fraction of sp³-hybridized carbons (Fsp3) is 0.0870. The molecule has 152 valence electrons. The number of imidazole rings is 1. The average Bonchev–Trinajstić information content (AvgIpc) is 3.41. The number of aliphatic hydroxyl groups is 1. The van der Waals surface area contributed by atoms with E-state index >= 15 is 0 Å². The van der Waals surface area contributed by atoms with Crippen molar-refractivity contribution < 1.29 is 9.84 Å². The molecule has 31 heavy (non-hydrogen) atoms. The normalized spacial score (nSPS) is 10.8. The summed E-state index contributed by atoms with van der Waals surface area (Å²) in [5.41, 5.74) is 2.71. The second kappa shape index (κ2) is 8.07. The van der Waals surface area contributed by atoms with Crippen LogP contribution in [0.4, 0.5) is 11.5 Å². The predicted molar refractivity (Wildman–Crippen MR) is 121 cm³/mol. The highest BCUT2D eigenvalue weighted by atomic mass is 32.1. The molecular formula is C23H17N5O2S. The molecule has 0 atom stereocenters. The Balaban J connectivity index is 1.39. The Bertz CT molecular complexity index is 1460. The fourth-order valence-corrected chi connectivity index (χ4v) is 4.08. The minimum Gasteiger partial charge on any atom is -0.457 e. The standard InChI is InChI=1S/C23H17N5O2S/c1-15-11-16(4-5-20(15)30-17-6-8-28-9-7-24-21(28)12-17)27-22-19-13-18(3-2-10-29)31-23(19)26-14-25-22/h4-9,11-14,29H,10H2,1H3,(H,25,26,27). The van der Waals surface area contributed by atoms with Crippen molar-refractivity contribution >= 4 is 38.7 Å². The number of ether oxygens (including phenoxy) is 1. The van der Waals surface area contributed by atoms with Gasteiger partial charge in [-0.2, -0.15) is 0 Å². The lowest BCUT2D eigenvalue weighted by molar-refractivity contribution is 0.350. The Morgan fingerprint density at radius 3 is 2.94 bits per heavy atom. The van der Waals surface area contributed by atoms with Crippen LogP contribution in [0.1, 0.15) is 10.4 Å². The molecule has 0 bridgehead atoms. The van der Waals surface area contributed by atoms with Crippen LogP contribution in [0.2, 0.25) is 0 Å². The number of thiophene rings is 1. The third kappa shape index (κ3) is 3.92. The van der Waals surface area contributed by atoms with Gasteiger partial charge >= 0.3 is 0 Å². The first-order valence-electron chi connectivity index (χ1n) is 9.52. The molecule has 8 heteroatoms. The highest BCUT2D eigenvalue weighted by Gasteiger charge is 2.10. The van der Waals surface area contributed by atoms with Crippen LogP contribution in [0.5, 0.6) is 11.5 Å². The smallest absolute Gasteiger partial charge is 0.142 e. The van der Waals surface area contributed by atoms with Gasteiger partial charge in [0.2, 0.25) is 0 Å². The van der Waals surface area contributed by atoms with Crippen molar-refractivity contribution in [3.63, 3.8) is 0 Å². The van der Waals surface area contributed by atoms with Crippen LogP contribution in [-0.4, -0.2) is 31.1 Å². The van der Waals surface area contributed by atoms with Crippen molar-refractivity contribution in [1.82, 2.24) is 19.4 Å². The highest BCUT2D eigenvalue weighted by Crippen LogP contribution is 2.32. The van der Waals surface area contributed by atoms with Crippen molar-refractivity contribution in [2.24, 2.45) is 0 Å². The van der Waals surface area contributed by atoms with Crippen molar-refractivity contribution in [1.29, 1.82) is 0 Å².